The van der Waals surface area contributed by atoms with Gasteiger partial charge in [0, 0.05) is 18.3 Å². The molecule has 0 aromatic carbocycles. The van der Waals surface area contributed by atoms with Gasteiger partial charge in [-0.25, -0.2) is 0 Å². The smallest absolute Gasteiger partial charge is 0.307 e. The molecule has 0 heterocycles. The molecule has 2 saturated carbocycles. The number of aliphatic hydroxyl groups is 1. The minimum atomic E-state index is -1.14. The highest BCUT2D eigenvalue weighted by Crippen LogP contribution is 2.67. The molecule has 7 atom stereocenters. The quantitative estimate of drug-likeness (QED) is 0.623. The van der Waals surface area contributed by atoms with Crippen LogP contribution >= 0.6 is 0 Å². The zero-order chi connectivity index (χ0) is 21.2. The average Bonchev–Trinajstić information content (AvgIpc) is 2.92. The number of fused-ring (bicyclic) bond motifs is 5. The Morgan fingerprint density at radius 3 is 2.59 bits per heavy atom. The molecule has 0 saturated heterocycles. The highest BCUT2D eigenvalue weighted by atomic mass is 16.4. The average molecular weight is 402 g/mol. The molecular weight excluding hydrogens is 372 g/mol. The lowest BCUT2D eigenvalue weighted by Gasteiger charge is -2.58. The lowest BCUT2D eigenvalue weighted by Crippen LogP contribution is -2.56. The zero-order valence-electron chi connectivity index (χ0n) is 17.1. The van der Waals surface area contributed by atoms with Crippen LogP contribution in [0.2, 0.25) is 0 Å². The maximum absolute atomic E-state index is 12.3. The number of carboxylic acid groups (broad SMARTS) is 2. The van der Waals surface area contributed by atoms with E-state index < -0.39 is 28.9 Å². The zero-order valence-corrected chi connectivity index (χ0v) is 17.1. The van der Waals surface area contributed by atoms with Crippen LogP contribution in [-0.4, -0.2) is 38.6 Å². The van der Waals surface area contributed by atoms with E-state index in [0.717, 1.165) is 12.0 Å². The van der Waals surface area contributed by atoms with E-state index in [2.05, 4.69) is 13.0 Å². The number of aliphatic carboxylic acids is 2. The molecule has 0 aromatic rings. The number of carbonyl (C=O) groups excluding carboxylic acids is 1. The fourth-order valence-electron chi connectivity index (χ4n) is 7.01. The van der Waals surface area contributed by atoms with Crippen molar-refractivity contribution in [3.05, 3.63) is 23.8 Å². The lowest BCUT2D eigenvalue weighted by molar-refractivity contribution is -0.152. The molecule has 0 aromatic heterocycles. The molecule has 0 amide bonds. The third kappa shape index (κ3) is 2.82. The summed E-state index contributed by atoms with van der Waals surface area (Å²) in [6.07, 6.45) is 8.63. The van der Waals surface area contributed by atoms with Crippen LogP contribution < -0.4 is 0 Å². The fourth-order valence-corrected chi connectivity index (χ4v) is 7.01. The summed E-state index contributed by atoms with van der Waals surface area (Å²) in [6, 6.07) is 0. The van der Waals surface area contributed by atoms with Crippen molar-refractivity contribution in [3.8, 4) is 0 Å². The highest BCUT2D eigenvalue weighted by molar-refractivity contribution is 5.92. The van der Waals surface area contributed by atoms with Gasteiger partial charge in [0.1, 0.15) is 0 Å². The molecule has 0 bridgehead atoms. The van der Waals surface area contributed by atoms with Crippen LogP contribution in [0, 0.1) is 34.5 Å². The van der Waals surface area contributed by atoms with E-state index in [1.165, 1.54) is 0 Å². The van der Waals surface area contributed by atoms with Gasteiger partial charge in [-0.3, -0.25) is 14.4 Å². The Hall–Kier alpha value is -1.95. The first-order valence-corrected chi connectivity index (χ1v) is 10.6. The minimum absolute atomic E-state index is 0.0107. The molecular formula is C23H30O6. The van der Waals surface area contributed by atoms with E-state index in [-0.39, 0.29) is 41.8 Å². The van der Waals surface area contributed by atoms with Gasteiger partial charge >= 0.3 is 11.9 Å². The van der Waals surface area contributed by atoms with E-state index in [4.69, 9.17) is 5.11 Å². The maximum Gasteiger partial charge on any atom is 0.307 e. The van der Waals surface area contributed by atoms with Crippen LogP contribution in [0.3, 0.4) is 0 Å². The monoisotopic (exact) mass is 402 g/mol. The number of allylic oxidation sites excluding steroid dienone is 3. The van der Waals surface area contributed by atoms with Gasteiger partial charge in [-0.1, -0.05) is 31.6 Å². The molecule has 2 fully saturated rings. The van der Waals surface area contributed by atoms with Crippen molar-refractivity contribution in [1.82, 2.24) is 0 Å². The Balaban J connectivity index is 1.78. The van der Waals surface area contributed by atoms with Crippen molar-refractivity contribution >= 4 is 17.7 Å². The SMILES string of the molecule is C[C@]12CCC(=O)C=C1C[C@@H](C(=O)O)[C@@H]1[C@@H]2C=C[C@@]2(C)[C@H]1CC[C@@]2(O)CCC(=O)O. The molecule has 0 radical (unpaired) electrons. The third-order valence-corrected chi connectivity index (χ3v) is 8.84. The number of carbonyl (C=O) groups is 3. The summed E-state index contributed by atoms with van der Waals surface area (Å²) in [5.41, 5.74) is -1.06. The summed E-state index contributed by atoms with van der Waals surface area (Å²) >= 11 is 0. The number of hydrogen-bond acceptors (Lipinski definition) is 4. The summed E-state index contributed by atoms with van der Waals surface area (Å²) in [7, 11) is 0. The summed E-state index contributed by atoms with van der Waals surface area (Å²) in [5, 5.41) is 30.6. The molecule has 29 heavy (non-hydrogen) atoms. The molecule has 3 N–H and O–H groups in total. The van der Waals surface area contributed by atoms with Crippen LogP contribution in [0.5, 0.6) is 0 Å². The van der Waals surface area contributed by atoms with Gasteiger partial charge in [0.25, 0.3) is 0 Å². The Labute approximate surface area is 170 Å². The third-order valence-electron chi connectivity index (χ3n) is 8.84. The van der Waals surface area contributed by atoms with Crippen LogP contribution in [-0.2, 0) is 14.4 Å². The molecule has 4 rings (SSSR count). The minimum Gasteiger partial charge on any atom is -0.481 e. The predicted octanol–water partition coefficient (Wildman–Crippen LogP) is 3.20. The van der Waals surface area contributed by atoms with Gasteiger partial charge in [-0.2, -0.15) is 0 Å². The maximum atomic E-state index is 12.3. The molecule has 4 aliphatic carbocycles. The molecule has 0 aliphatic heterocycles. The highest BCUT2D eigenvalue weighted by Gasteiger charge is 2.64. The lowest BCUT2D eigenvalue weighted by atomic mass is 9.46. The largest absolute Gasteiger partial charge is 0.481 e. The first kappa shape index (κ1) is 20.3. The van der Waals surface area contributed by atoms with Crippen LogP contribution in [0.4, 0.5) is 0 Å². The first-order valence-electron chi connectivity index (χ1n) is 10.6. The van der Waals surface area contributed by atoms with E-state index >= 15 is 0 Å². The summed E-state index contributed by atoms with van der Waals surface area (Å²) in [4.78, 5) is 35.4. The molecule has 6 nitrogen and oxygen atoms in total. The number of hydrogen-bond donors (Lipinski definition) is 3. The number of carboxylic acids is 2. The van der Waals surface area contributed by atoms with Crippen molar-refractivity contribution < 1.29 is 29.7 Å². The molecule has 6 heteroatoms. The van der Waals surface area contributed by atoms with Crippen LogP contribution in [0.15, 0.2) is 23.8 Å². The van der Waals surface area contributed by atoms with Crippen LogP contribution in [0.1, 0.15) is 58.8 Å². The van der Waals surface area contributed by atoms with Crippen molar-refractivity contribution in [2.75, 3.05) is 0 Å². The predicted molar refractivity (Wildman–Crippen MR) is 105 cm³/mol. The van der Waals surface area contributed by atoms with Gasteiger partial charge < -0.3 is 15.3 Å². The standard InChI is InChI=1S/C23H30O6/c1-21-7-3-14(24)11-13(21)12-15(20(27)28)19-16(21)4-8-22(2)17(19)5-9-23(22,29)10-6-18(25)26/h4,8,11,15-17,19,29H,3,5-7,9-10,12H2,1-2H3,(H,25,26)(H,27,28)/t15-,16+,17+,19-,21+,22+,23-/m1/s1. The molecule has 0 spiro atoms. The van der Waals surface area contributed by atoms with Gasteiger partial charge in [0.05, 0.1) is 11.5 Å². The van der Waals surface area contributed by atoms with Crippen molar-refractivity contribution in [2.24, 2.45) is 34.5 Å². The fraction of sp³-hybridized carbons (Fsp3) is 0.696. The molecule has 4 aliphatic rings. The van der Waals surface area contributed by atoms with Crippen molar-refractivity contribution in [3.63, 3.8) is 0 Å². The molecule has 0 unspecified atom stereocenters. The Kier molecular flexibility index (Phi) is 4.57. The van der Waals surface area contributed by atoms with E-state index in [9.17, 15) is 24.6 Å². The second kappa shape index (κ2) is 6.53. The van der Waals surface area contributed by atoms with E-state index in [1.54, 1.807) is 6.08 Å². The second-order valence-electron chi connectivity index (χ2n) is 10.0. The van der Waals surface area contributed by atoms with Gasteiger partial charge in [0.2, 0.25) is 0 Å². The van der Waals surface area contributed by atoms with E-state index in [0.29, 0.717) is 25.7 Å². The van der Waals surface area contributed by atoms with E-state index in [1.807, 2.05) is 13.0 Å². The second-order valence-corrected chi connectivity index (χ2v) is 10.0. The topological polar surface area (TPSA) is 112 Å². The van der Waals surface area contributed by atoms with Crippen LogP contribution in [0.25, 0.3) is 0 Å². The molecule has 158 valence electrons. The van der Waals surface area contributed by atoms with Gasteiger partial charge in [-0.05, 0) is 61.3 Å². The van der Waals surface area contributed by atoms with Gasteiger partial charge in [0.15, 0.2) is 5.78 Å². The summed E-state index contributed by atoms with van der Waals surface area (Å²) in [5.74, 6) is -2.44. The number of ketones is 1. The van der Waals surface area contributed by atoms with Crippen molar-refractivity contribution in [1.29, 1.82) is 0 Å². The van der Waals surface area contributed by atoms with Crippen molar-refractivity contribution in [2.45, 2.75) is 64.4 Å². The Bertz CT molecular complexity index is 827. The Morgan fingerprint density at radius 2 is 1.93 bits per heavy atom. The summed E-state index contributed by atoms with van der Waals surface area (Å²) in [6.45, 7) is 4.12. The first-order chi connectivity index (χ1) is 13.5. The number of rotatable bonds is 4. The Morgan fingerprint density at radius 1 is 1.21 bits per heavy atom. The normalized spacial score (nSPS) is 45.8. The van der Waals surface area contributed by atoms with Gasteiger partial charge in [-0.15, -0.1) is 0 Å². The summed E-state index contributed by atoms with van der Waals surface area (Å²) < 4.78 is 0.